The fourth-order valence-electron chi connectivity index (χ4n) is 2.98. The number of likely N-dealkylation sites (tertiary alicyclic amines) is 1. The molecule has 3 rings (SSSR count). The van der Waals surface area contributed by atoms with Crippen molar-refractivity contribution in [2.75, 3.05) is 6.54 Å². The second-order valence-corrected chi connectivity index (χ2v) is 5.64. The Morgan fingerprint density at radius 2 is 2.25 bits per heavy atom. The van der Waals surface area contributed by atoms with Gasteiger partial charge in [0.05, 0.1) is 12.1 Å². The van der Waals surface area contributed by atoms with Gasteiger partial charge in [0.15, 0.2) is 0 Å². The molecule has 1 N–H and O–H groups in total. The lowest BCUT2D eigenvalue weighted by Gasteiger charge is -2.37. The van der Waals surface area contributed by atoms with Crippen LogP contribution in [0.2, 0.25) is 0 Å². The van der Waals surface area contributed by atoms with Gasteiger partial charge in [0.1, 0.15) is 0 Å². The third kappa shape index (κ3) is 2.47. The molecule has 2 aromatic heterocycles. The van der Waals surface area contributed by atoms with E-state index in [2.05, 4.69) is 39.1 Å². The Morgan fingerprint density at radius 1 is 1.40 bits per heavy atom. The second-order valence-electron chi connectivity index (χ2n) is 5.64. The third-order valence-electron chi connectivity index (χ3n) is 4.29. The Hall–Kier alpha value is -1.69. The molecule has 1 saturated heterocycles. The summed E-state index contributed by atoms with van der Waals surface area (Å²) in [5.41, 5.74) is 2.41. The smallest absolute Gasteiger partial charge is 0.221 e. The summed E-state index contributed by atoms with van der Waals surface area (Å²) in [4.78, 5) is 2.48. The molecule has 0 aromatic carbocycles. The maximum atomic E-state index is 5.63. The van der Waals surface area contributed by atoms with Crippen LogP contribution in [0.25, 0.3) is 0 Å². The van der Waals surface area contributed by atoms with Crippen molar-refractivity contribution < 1.29 is 4.42 Å². The van der Waals surface area contributed by atoms with E-state index in [9.17, 15) is 0 Å². The van der Waals surface area contributed by atoms with Gasteiger partial charge in [0.25, 0.3) is 0 Å². The minimum absolute atomic E-state index is 0.331. The van der Waals surface area contributed by atoms with Crippen molar-refractivity contribution in [2.24, 2.45) is 0 Å². The number of H-pyrrole nitrogens is 1. The molecule has 20 heavy (non-hydrogen) atoms. The first-order chi connectivity index (χ1) is 9.65. The highest BCUT2D eigenvalue weighted by Crippen LogP contribution is 2.32. The van der Waals surface area contributed by atoms with Crippen LogP contribution in [0.5, 0.6) is 0 Å². The van der Waals surface area contributed by atoms with Gasteiger partial charge in [-0.1, -0.05) is 0 Å². The predicted octanol–water partition coefficient (Wildman–Crippen LogP) is 2.18. The van der Waals surface area contributed by atoms with Crippen LogP contribution in [-0.2, 0) is 6.54 Å². The Bertz CT molecular complexity index is 576. The number of rotatable bonds is 3. The molecule has 0 bridgehead atoms. The van der Waals surface area contributed by atoms with Crippen LogP contribution in [0, 0.1) is 13.8 Å². The lowest BCUT2D eigenvalue weighted by Crippen LogP contribution is -2.41. The highest BCUT2D eigenvalue weighted by Gasteiger charge is 2.32. The number of hydrogen-bond donors (Lipinski definition) is 1. The zero-order chi connectivity index (χ0) is 14.1. The molecule has 6 nitrogen and oxygen atoms in total. The summed E-state index contributed by atoms with van der Waals surface area (Å²) in [6.07, 6.45) is 4.19. The van der Waals surface area contributed by atoms with Gasteiger partial charge in [-0.05, 0) is 33.2 Å². The number of nitrogens with one attached hydrogen (secondary N) is 1. The summed E-state index contributed by atoms with van der Waals surface area (Å²) in [5, 5.41) is 15.3. The number of nitrogens with zero attached hydrogens (tertiary/aromatic N) is 4. The molecule has 3 heterocycles. The van der Waals surface area contributed by atoms with E-state index in [1.807, 2.05) is 13.1 Å². The summed E-state index contributed by atoms with van der Waals surface area (Å²) < 4.78 is 5.63. The number of hydrogen-bond acceptors (Lipinski definition) is 5. The zero-order valence-corrected chi connectivity index (χ0v) is 12.3. The molecule has 0 amide bonds. The van der Waals surface area contributed by atoms with Crippen molar-refractivity contribution in [3.05, 3.63) is 29.2 Å². The summed E-state index contributed by atoms with van der Waals surface area (Å²) >= 11 is 0. The van der Waals surface area contributed by atoms with Crippen molar-refractivity contribution in [1.29, 1.82) is 0 Å². The van der Waals surface area contributed by atoms with Crippen molar-refractivity contribution in [1.82, 2.24) is 25.3 Å². The van der Waals surface area contributed by atoms with Gasteiger partial charge in [-0.2, -0.15) is 5.10 Å². The van der Waals surface area contributed by atoms with E-state index >= 15 is 0 Å². The van der Waals surface area contributed by atoms with E-state index in [0.717, 1.165) is 37.5 Å². The average molecular weight is 275 g/mol. The van der Waals surface area contributed by atoms with Gasteiger partial charge in [0.2, 0.25) is 11.8 Å². The molecular formula is C14H21N5O. The number of aryl methyl sites for hydroxylation is 2. The molecule has 1 fully saturated rings. The molecule has 6 heteroatoms. The standard InChI is InChI=1S/C14H21N5O/c1-9-12(7-15-16-9)8-19-6-4-5-13(10(19)2)14-18-17-11(3)20-14/h7,10,13H,4-6,8H2,1-3H3,(H,15,16)/t10-,13-/m0/s1. The lowest BCUT2D eigenvalue weighted by molar-refractivity contribution is 0.118. The minimum atomic E-state index is 0.331. The van der Waals surface area contributed by atoms with Crippen LogP contribution >= 0.6 is 0 Å². The van der Waals surface area contributed by atoms with E-state index in [1.54, 1.807) is 0 Å². The molecule has 2 atom stereocenters. The number of aromatic nitrogens is 4. The van der Waals surface area contributed by atoms with E-state index in [1.165, 1.54) is 5.56 Å². The van der Waals surface area contributed by atoms with E-state index < -0.39 is 0 Å². The van der Waals surface area contributed by atoms with Crippen LogP contribution < -0.4 is 0 Å². The Kier molecular flexibility index (Phi) is 3.56. The molecule has 1 aliphatic heterocycles. The van der Waals surface area contributed by atoms with Crippen molar-refractivity contribution in [3.63, 3.8) is 0 Å². The molecule has 108 valence electrons. The highest BCUT2D eigenvalue weighted by atomic mass is 16.4. The van der Waals surface area contributed by atoms with Gasteiger partial charge < -0.3 is 4.42 Å². The normalized spacial score (nSPS) is 24.1. The van der Waals surface area contributed by atoms with Gasteiger partial charge in [-0.25, -0.2) is 0 Å². The van der Waals surface area contributed by atoms with Crippen LogP contribution in [-0.4, -0.2) is 37.9 Å². The number of piperidine rings is 1. The van der Waals surface area contributed by atoms with E-state index in [-0.39, 0.29) is 0 Å². The first-order valence-corrected chi connectivity index (χ1v) is 7.18. The predicted molar refractivity (Wildman–Crippen MR) is 74.2 cm³/mol. The summed E-state index contributed by atoms with van der Waals surface area (Å²) in [5.74, 6) is 1.76. The topological polar surface area (TPSA) is 70.8 Å². The van der Waals surface area contributed by atoms with Crippen LogP contribution in [0.15, 0.2) is 10.6 Å². The summed E-state index contributed by atoms with van der Waals surface area (Å²) in [6, 6.07) is 0.401. The Balaban J connectivity index is 1.75. The maximum Gasteiger partial charge on any atom is 0.221 e. The van der Waals surface area contributed by atoms with Crippen LogP contribution in [0.3, 0.4) is 0 Å². The maximum absolute atomic E-state index is 5.63. The third-order valence-corrected chi connectivity index (χ3v) is 4.29. The molecule has 0 saturated carbocycles. The number of aromatic amines is 1. The largest absolute Gasteiger partial charge is 0.425 e. The second kappa shape index (κ2) is 5.36. The minimum Gasteiger partial charge on any atom is -0.425 e. The van der Waals surface area contributed by atoms with Gasteiger partial charge in [-0.3, -0.25) is 10.00 Å². The Morgan fingerprint density at radius 3 is 2.90 bits per heavy atom. The molecule has 0 spiro atoms. The lowest BCUT2D eigenvalue weighted by atomic mass is 9.90. The van der Waals surface area contributed by atoms with Crippen molar-refractivity contribution in [3.8, 4) is 0 Å². The zero-order valence-electron chi connectivity index (χ0n) is 12.3. The van der Waals surface area contributed by atoms with Gasteiger partial charge in [-0.15, -0.1) is 10.2 Å². The fraction of sp³-hybridized carbons (Fsp3) is 0.643. The first-order valence-electron chi connectivity index (χ1n) is 7.18. The molecule has 1 aliphatic rings. The SMILES string of the molecule is Cc1nnc([C@H]2CCCN(Cc3cn[nH]c3C)[C@H]2C)o1. The van der Waals surface area contributed by atoms with Crippen LogP contribution in [0.4, 0.5) is 0 Å². The van der Waals surface area contributed by atoms with E-state index in [0.29, 0.717) is 17.9 Å². The Labute approximate surface area is 118 Å². The van der Waals surface area contributed by atoms with E-state index in [4.69, 9.17) is 4.42 Å². The first kappa shape index (κ1) is 13.3. The van der Waals surface area contributed by atoms with Crippen molar-refractivity contribution >= 4 is 0 Å². The molecular weight excluding hydrogens is 254 g/mol. The van der Waals surface area contributed by atoms with Crippen molar-refractivity contribution in [2.45, 2.75) is 52.1 Å². The molecule has 2 aromatic rings. The molecule has 0 unspecified atom stereocenters. The highest BCUT2D eigenvalue weighted by molar-refractivity contribution is 5.15. The van der Waals surface area contributed by atoms with Crippen LogP contribution in [0.1, 0.15) is 48.7 Å². The molecule has 0 radical (unpaired) electrons. The summed E-state index contributed by atoms with van der Waals surface area (Å²) in [6.45, 7) is 8.19. The molecule has 0 aliphatic carbocycles. The quantitative estimate of drug-likeness (QED) is 0.929. The summed E-state index contributed by atoms with van der Waals surface area (Å²) in [7, 11) is 0. The van der Waals surface area contributed by atoms with Gasteiger partial charge in [0, 0.05) is 30.8 Å². The monoisotopic (exact) mass is 275 g/mol. The fourth-order valence-corrected chi connectivity index (χ4v) is 2.98. The average Bonchev–Trinajstić information content (AvgIpc) is 3.02. The van der Waals surface area contributed by atoms with Gasteiger partial charge >= 0.3 is 0 Å².